The van der Waals surface area contributed by atoms with Gasteiger partial charge >= 0.3 is 0 Å². The normalized spacial score (nSPS) is 13.5. The number of carbonyl (C=O) groups is 2. The lowest BCUT2D eigenvalue weighted by Gasteiger charge is -2.16. The lowest BCUT2D eigenvalue weighted by molar-refractivity contribution is -0.131. The molecule has 1 aliphatic carbocycles. The molecule has 1 aromatic carbocycles. The Morgan fingerprint density at radius 1 is 1.36 bits per heavy atom. The number of aromatic nitrogens is 2. The minimum absolute atomic E-state index is 0.0677. The quantitative estimate of drug-likeness (QED) is 0.743. The first-order valence-corrected chi connectivity index (χ1v) is 9.14. The molecule has 1 heterocycles. The number of amides is 2. The lowest BCUT2D eigenvalue weighted by Crippen LogP contribution is -2.36. The van der Waals surface area contributed by atoms with Crippen LogP contribution < -0.4 is 5.32 Å². The van der Waals surface area contributed by atoms with Gasteiger partial charge in [-0.2, -0.15) is 0 Å². The van der Waals surface area contributed by atoms with Gasteiger partial charge in [0.15, 0.2) is 0 Å². The maximum Gasteiger partial charge on any atom is 0.277 e. The van der Waals surface area contributed by atoms with Crippen molar-refractivity contribution < 1.29 is 14.0 Å². The Hall–Kier alpha value is -2.06. The molecule has 0 atom stereocenters. The van der Waals surface area contributed by atoms with Crippen molar-refractivity contribution in [3.05, 3.63) is 35.2 Å². The van der Waals surface area contributed by atoms with Gasteiger partial charge < -0.3 is 14.6 Å². The van der Waals surface area contributed by atoms with Crippen molar-refractivity contribution in [3.63, 3.8) is 0 Å². The number of para-hydroxylation sites is 1. The fraction of sp³-hybridized carbons (Fsp3) is 0.375. The molecule has 0 aliphatic heterocycles. The third kappa shape index (κ3) is 4.96. The van der Waals surface area contributed by atoms with Crippen molar-refractivity contribution in [2.45, 2.75) is 24.0 Å². The number of carbonyl (C=O) groups excluding carboxylic acids is 2. The summed E-state index contributed by atoms with van der Waals surface area (Å²) in [6.45, 7) is -0.0677. The summed E-state index contributed by atoms with van der Waals surface area (Å²) in [6.07, 6.45) is 2.16. The highest BCUT2D eigenvalue weighted by atomic mass is 35.5. The van der Waals surface area contributed by atoms with Crippen molar-refractivity contribution in [2.24, 2.45) is 0 Å². The predicted molar refractivity (Wildman–Crippen MR) is 94.7 cm³/mol. The number of benzene rings is 1. The molecule has 25 heavy (non-hydrogen) atoms. The average Bonchev–Trinajstić information content (AvgIpc) is 3.33. The third-order valence-corrected chi connectivity index (χ3v) is 4.76. The number of anilines is 1. The van der Waals surface area contributed by atoms with Gasteiger partial charge in [-0.3, -0.25) is 9.59 Å². The number of nitrogens with zero attached hydrogens (tertiary/aromatic N) is 3. The van der Waals surface area contributed by atoms with Crippen LogP contribution in [0.3, 0.4) is 0 Å². The van der Waals surface area contributed by atoms with Gasteiger partial charge in [0, 0.05) is 13.0 Å². The van der Waals surface area contributed by atoms with Crippen molar-refractivity contribution in [2.75, 3.05) is 24.7 Å². The molecule has 2 aromatic rings. The molecule has 1 aliphatic rings. The molecule has 7 nitrogen and oxygen atoms in total. The highest BCUT2D eigenvalue weighted by Gasteiger charge is 2.29. The van der Waals surface area contributed by atoms with E-state index in [1.807, 2.05) is 0 Å². The number of hydrogen-bond acceptors (Lipinski definition) is 6. The van der Waals surface area contributed by atoms with Crippen LogP contribution in [0.15, 0.2) is 33.9 Å². The van der Waals surface area contributed by atoms with Gasteiger partial charge in [0.1, 0.15) is 0 Å². The summed E-state index contributed by atoms with van der Waals surface area (Å²) in [5.74, 6) is 0.631. The number of halogens is 1. The van der Waals surface area contributed by atoms with Crippen LogP contribution in [0.1, 0.15) is 24.7 Å². The van der Waals surface area contributed by atoms with Crippen LogP contribution in [0, 0.1) is 0 Å². The fourth-order valence-electron chi connectivity index (χ4n) is 2.06. The molecule has 1 fully saturated rings. The summed E-state index contributed by atoms with van der Waals surface area (Å²) in [5.41, 5.74) is 0.517. The molecule has 132 valence electrons. The minimum atomic E-state index is -0.317. The molecule has 0 saturated heterocycles. The summed E-state index contributed by atoms with van der Waals surface area (Å²) in [5, 5.41) is 11.4. The van der Waals surface area contributed by atoms with Gasteiger partial charge in [-0.05, 0) is 25.0 Å². The molecule has 1 saturated carbocycles. The summed E-state index contributed by atoms with van der Waals surface area (Å²) < 4.78 is 5.49. The molecule has 0 bridgehead atoms. The van der Waals surface area contributed by atoms with E-state index in [0.717, 1.165) is 12.8 Å². The molecule has 1 N–H and O–H groups in total. The van der Waals surface area contributed by atoms with Crippen LogP contribution in [0.25, 0.3) is 0 Å². The summed E-state index contributed by atoms with van der Waals surface area (Å²) in [4.78, 5) is 25.5. The Bertz CT molecular complexity index is 778. The summed E-state index contributed by atoms with van der Waals surface area (Å²) >= 11 is 7.16. The predicted octanol–water partition coefficient (Wildman–Crippen LogP) is 2.79. The van der Waals surface area contributed by atoms with Crippen LogP contribution in [-0.2, 0) is 9.59 Å². The van der Waals surface area contributed by atoms with Crippen LogP contribution in [0.2, 0.25) is 5.02 Å². The zero-order valence-electron chi connectivity index (χ0n) is 13.6. The van der Waals surface area contributed by atoms with E-state index in [4.69, 9.17) is 16.0 Å². The van der Waals surface area contributed by atoms with Gasteiger partial charge in [-0.15, -0.1) is 10.2 Å². The maximum atomic E-state index is 12.1. The molecule has 0 unspecified atom stereocenters. The van der Waals surface area contributed by atoms with Gasteiger partial charge in [-0.1, -0.05) is 35.5 Å². The second-order valence-electron chi connectivity index (χ2n) is 5.75. The topological polar surface area (TPSA) is 88.3 Å². The Kier molecular flexibility index (Phi) is 5.60. The number of rotatable bonds is 7. The zero-order chi connectivity index (χ0) is 17.8. The van der Waals surface area contributed by atoms with Gasteiger partial charge in [-0.25, -0.2) is 0 Å². The SMILES string of the molecule is CN(CC(=O)Nc1ccccc1Cl)C(=O)CSc1nnc(C2CC2)o1. The van der Waals surface area contributed by atoms with Gasteiger partial charge in [0.2, 0.25) is 17.7 Å². The Labute approximate surface area is 154 Å². The maximum absolute atomic E-state index is 12.1. The van der Waals surface area contributed by atoms with Crippen molar-refractivity contribution in [1.82, 2.24) is 15.1 Å². The molecule has 3 rings (SSSR count). The monoisotopic (exact) mass is 380 g/mol. The molecule has 2 amide bonds. The largest absolute Gasteiger partial charge is 0.416 e. The first-order chi connectivity index (χ1) is 12.0. The first-order valence-electron chi connectivity index (χ1n) is 7.77. The fourth-order valence-corrected chi connectivity index (χ4v) is 2.96. The average molecular weight is 381 g/mol. The molecular formula is C16H17ClN4O3S. The summed E-state index contributed by atoms with van der Waals surface area (Å²) in [7, 11) is 1.57. The second kappa shape index (κ2) is 7.88. The van der Waals surface area contributed by atoms with E-state index in [2.05, 4.69) is 15.5 Å². The van der Waals surface area contributed by atoms with E-state index in [9.17, 15) is 9.59 Å². The highest BCUT2D eigenvalue weighted by Crippen LogP contribution is 2.39. The van der Waals surface area contributed by atoms with Crippen LogP contribution >= 0.6 is 23.4 Å². The Balaban J connectivity index is 1.45. The molecular weight excluding hydrogens is 364 g/mol. The van der Waals surface area contributed by atoms with E-state index in [1.54, 1.807) is 31.3 Å². The number of hydrogen-bond donors (Lipinski definition) is 1. The van der Waals surface area contributed by atoms with E-state index in [1.165, 1.54) is 16.7 Å². The van der Waals surface area contributed by atoms with Crippen LogP contribution in [-0.4, -0.2) is 46.3 Å². The Morgan fingerprint density at radius 3 is 2.84 bits per heavy atom. The number of nitrogens with one attached hydrogen (secondary N) is 1. The summed E-state index contributed by atoms with van der Waals surface area (Å²) in [6, 6.07) is 6.93. The molecule has 0 spiro atoms. The van der Waals surface area contributed by atoms with Gasteiger partial charge in [0.05, 0.1) is 23.0 Å². The van der Waals surface area contributed by atoms with E-state index < -0.39 is 0 Å². The van der Waals surface area contributed by atoms with Crippen molar-refractivity contribution in [1.29, 1.82) is 0 Å². The second-order valence-corrected chi connectivity index (χ2v) is 7.08. The zero-order valence-corrected chi connectivity index (χ0v) is 15.1. The smallest absolute Gasteiger partial charge is 0.277 e. The highest BCUT2D eigenvalue weighted by molar-refractivity contribution is 7.99. The Morgan fingerprint density at radius 2 is 2.12 bits per heavy atom. The van der Waals surface area contributed by atoms with Crippen molar-refractivity contribution in [3.8, 4) is 0 Å². The van der Waals surface area contributed by atoms with Crippen LogP contribution in [0.5, 0.6) is 0 Å². The van der Waals surface area contributed by atoms with Crippen LogP contribution in [0.4, 0.5) is 5.69 Å². The first kappa shape index (κ1) is 17.8. The standard InChI is InChI=1S/C16H17ClN4O3S/c1-21(8-13(22)18-12-5-3-2-4-11(12)17)14(23)9-25-16-20-19-15(24-16)10-6-7-10/h2-5,10H,6-9H2,1H3,(H,18,22). The number of likely N-dealkylation sites (N-methyl/N-ethyl adjacent to an activating group) is 1. The van der Waals surface area contributed by atoms with E-state index >= 15 is 0 Å². The number of thioether (sulfide) groups is 1. The van der Waals surface area contributed by atoms with Crippen molar-refractivity contribution >= 4 is 40.9 Å². The van der Waals surface area contributed by atoms with E-state index in [0.29, 0.717) is 27.7 Å². The van der Waals surface area contributed by atoms with Gasteiger partial charge in [0.25, 0.3) is 5.22 Å². The molecule has 0 radical (unpaired) electrons. The third-order valence-electron chi connectivity index (χ3n) is 3.62. The lowest BCUT2D eigenvalue weighted by atomic mass is 10.3. The minimum Gasteiger partial charge on any atom is -0.416 e. The molecule has 9 heteroatoms. The molecule has 1 aromatic heterocycles. The van der Waals surface area contributed by atoms with E-state index in [-0.39, 0.29) is 24.1 Å².